The van der Waals surface area contributed by atoms with Crippen LogP contribution in [0.25, 0.3) is 0 Å². The standard InChI is InChI=1S/C15H10ClF3NO5PS/c1-8-4-11(20(21)22)14(27-7-26(23)24)6-13(8)25-12-3-2-9(5-10(12)16)15(17,18)19/h2-6H,7H2,1H3/p+1. The van der Waals surface area contributed by atoms with E-state index in [1.54, 1.807) is 0 Å². The number of thioether (sulfide) groups is 1. The molecule has 0 saturated heterocycles. The third kappa shape index (κ3) is 5.55. The van der Waals surface area contributed by atoms with Crippen LogP contribution in [-0.4, -0.2) is 15.3 Å². The second-order valence-electron chi connectivity index (χ2n) is 5.21. The zero-order chi connectivity index (χ0) is 20.4. The maximum atomic E-state index is 12.7. The van der Waals surface area contributed by atoms with Gasteiger partial charge in [0.1, 0.15) is 11.5 Å². The average Bonchev–Trinajstić information content (AvgIpc) is 2.55. The number of benzene rings is 2. The van der Waals surface area contributed by atoms with Gasteiger partial charge in [0.05, 0.1) is 20.4 Å². The fourth-order valence-electron chi connectivity index (χ4n) is 2.03. The molecule has 0 fully saturated rings. The first kappa shape index (κ1) is 21.4. The molecule has 0 aliphatic heterocycles. The monoisotopic (exact) mass is 440 g/mol. The lowest BCUT2D eigenvalue weighted by Gasteiger charge is -2.13. The van der Waals surface area contributed by atoms with Crippen LogP contribution in [0.4, 0.5) is 18.9 Å². The SMILES string of the molecule is Cc1cc([N+](=O)[O-])c(SC[P+](=O)O)cc1Oc1ccc(C(F)(F)F)cc1Cl. The summed E-state index contributed by atoms with van der Waals surface area (Å²) in [5.41, 5.74) is -1.14. The smallest absolute Gasteiger partial charge is 0.455 e. The largest absolute Gasteiger partial charge is 0.516 e. The first-order chi connectivity index (χ1) is 12.5. The van der Waals surface area contributed by atoms with Crippen LogP contribution < -0.4 is 4.74 Å². The van der Waals surface area contributed by atoms with Crippen LogP contribution in [0.2, 0.25) is 5.02 Å². The van der Waals surface area contributed by atoms with Crippen LogP contribution in [-0.2, 0) is 10.7 Å². The topological polar surface area (TPSA) is 89.7 Å². The van der Waals surface area contributed by atoms with Gasteiger partial charge in [-0.25, -0.2) is 0 Å². The van der Waals surface area contributed by atoms with E-state index in [2.05, 4.69) is 0 Å². The number of nitro groups is 1. The third-order valence-corrected chi connectivity index (χ3v) is 5.60. The molecule has 1 N–H and O–H groups in total. The van der Waals surface area contributed by atoms with Gasteiger partial charge in [0, 0.05) is 12.1 Å². The van der Waals surface area contributed by atoms with Crippen molar-refractivity contribution in [1.29, 1.82) is 0 Å². The van der Waals surface area contributed by atoms with Gasteiger partial charge in [0.15, 0.2) is 0 Å². The minimum absolute atomic E-state index is 0.0641. The molecule has 0 aliphatic rings. The molecule has 0 amide bonds. The van der Waals surface area contributed by atoms with E-state index in [4.69, 9.17) is 21.2 Å². The molecule has 27 heavy (non-hydrogen) atoms. The molecule has 2 rings (SSSR count). The zero-order valence-electron chi connectivity index (χ0n) is 13.5. The van der Waals surface area contributed by atoms with Crippen molar-refractivity contribution in [1.82, 2.24) is 0 Å². The molecule has 0 radical (unpaired) electrons. The minimum atomic E-state index is -4.56. The van der Waals surface area contributed by atoms with Crippen molar-refractivity contribution in [3.8, 4) is 11.5 Å². The fraction of sp³-hybridized carbons (Fsp3) is 0.200. The number of nitrogens with zero attached hydrogens (tertiary/aromatic N) is 1. The summed E-state index contributed by atoms with van der Waals surface area (Å²) in [5.74, 6) is 0.0590. The maximum Gasteiger partial charge on any atom is 0.516 e. The van der Waals surface area contributed by atoms with E-state index in [9.17, 15) is 27.9 Å². The molecule has 0 heterocycles. The van der Waals surface area contributed by atoms with Gasteiger partial charge in [-0.15, -0.1) is 0 Å². The summed E-state index contributed by atoms with van der Waals surface area (Å²) in [4.78, 5) is 19.5. The number of hydrogen-bond acceptors (Lipinski definition) is 5. The normalized spacial score (nSPS) is 12.0. The average molecular weight is 441 g/mol. The third-order valence-electron chi connectivity index (χ3n) is 3.26. The zero-order valence-corrected chi connectivity index (χ0v) is 16.0. The van der Waals surface area contributed by atoms with Gasteiger partial charge in [0.2, 0.25) is 5.49 Å². The van der Waals surface area contributed by atoms with Crippen LogP contribution in [0.1, 0.15) is 11.1 Å². The van der Waals surface area contributed by atoms with Gasteiger partial charge in [-0.3, -0.25) is 10.1 Å². The molecule has 0 saturated carbocycles. The Morgan fingerprint density at radius 2 is 1.96 bits per heavy atom. The van der Waals surface area contributed by atoms with Gasteiger partial charge in [-0.05, 0) is 35.3 Å². The molecule has 2 aromatic carbocycles. The van der Waals surface area contributed by atoms with Crippen LogP contribution >= 0.6 is 31.4 Å². The molecule has 12 heteroatoms. The molecule has 1 unspecified atom stereocenters. The second kappa shape index (κ2) is 8.43. The Bertz CT molecular complexity index is 910. The molecule has 6 nitrogen and oxygen atoms in total. The van der Waals surface area contributed by atoms with Crippen molar-refractivity contribution in [2.24, 2.45) is 0 Å². The van der Waals surface area contributed by atoms with E-state index in [-0.39, 0.29) is 32.6 Å². The first-order valence-electron chi connectivity index (χ1n) is 7.09. The lowest BCUT2D eigenvalue weighted by Crippen LogP contribution is -2.04. The van der Waals surface area contributed by atoms with E-state index < -0.39 is 24.7 Å². The Balaban J connectivity index is 2.39. The summed E-state index contributed by atoms with van der Waals surface area (Å²) in [6, 6.07) is 5.05. The number of alkyl halides is 3. The quantitative estimate of drug-likeness (QED) is 0.251. The van der Waals surface area contributed by atoms with E-state index in [0.717, 1.165) is 23.9 Å². The van der Waals surface area contributed by atoms with Crippen molar-refractivity contribution >= 4 is 37.1 Å². The van der Waals surface area contributed by atoms with Gasteiger partial charge < -0.3 is 4.74 Å². The van der Waals surface area contributed by atoms with Crippen LogP contribution in [0.15, 0.2) is 35.2 Å². The van der Waals surface area contributed by atoms with E-state index in [1.165, 1.54) is 19.1 Å². The Morgan fingerprint density at radius 3 is 2.48 bits per heavy atom. The van der Waals surface area contributed by atoms with Gasteiger partial charge in [0.25, 0.3) is 5.69 Å². The Hall–Kier alpha value is -1.87. The van der Waals surface area contributed by atoms with Crippen LogP contribution in [0.3, 0.4) is 0 Å². The lowest BCUT2D eigenvalue weighted by molar-refractivity contribution is -0.387. The first-order valence-corrected chi connectivity index (χ1v) is 9.85. The number of halogens is 4. The molecule has 0 aromatic heterocycles. The second-order valence-corrected chi connectivity index (χ2v) is 8.09. The Labute approximate surface area is 161 Å². The summed E-state index contributed by atoms with van der Waals surface area (Å²) < 4.78 is 54.5. The van der Waals surface area contributed by atoms with Crippen LogP contribution in [0.5, 0.6) is 11.5 Å². The highest BCUT2D eigenvalue weighted by Gasteiger charge is 2.31. The van der Waals surface area contributed by atoms with Gasteiger partial charge in [-0.2, -0.15) is 18.1 Å². The van der Waals surface area contributed by atoms with Gasteiger partial charge in [-0.1, -0.05) is 23.4 Å². The minimum Gasteiger partial charge on any atom is -0.455 e. The number of ether oxygens (including phenoxy) is 1. The van der Waals surface area contributed by atoms with Crippen molar-refractivity contribution in [3.05, 3.63) is 56.6 Å². The summed E-state index contributed by atoms with van der Waals surface area (Å²) >= 11 is 6.64. The molecular formula is C15H11ClF3NO5PS+. The molecule has 1 atom stereocenters. The molecule has 0 aliphatic carbocycles. The Kier molecular flexibility index (Phi) is 6.69. The number of aryl methyl sites for hydroxylation is 1. The maximum absolute atomic E-state index is 12.7. The van der Waals surface area contributed by atoms with Crippen molar-refractivity contribution < 1.29 is 32.3 Å². The highest BCUT2D eigenvalue weighted by molar-refractivity contribution is 8.03. The predicted octanol–water partition coefficient (Wildman–Crippen LogP) is 6.15. The molecule has 0 spiro atoms. The molecular weight excluding hydrogens is 430 g/mol. The van der Waals surface area contributed by atoms with Crippen LogP contribution in [0, 0.1) is 17.0 Å². The predicted molar refractivity (Wildman–Crippen MR) is 94.9 cm³/mol. The molecule has 0 bridgehead atoms. The lowest BCUT2D eigenvalue weighted by atomic mass is 10.2. The molecule has 2 aromatic rings. The summed E-state index contributed by atoms with van der Waals surface area (Å²) in [5, 5.41) is 10.9. The summed E-state index contributed by atoms with van der Waals surface area (Å²) in [7, 11) is -2.52. The van der Waals surface area contributed by atoms with Gasteiger partial charge >= 0.3 is 14.2 Å². The van der Waals surface area contributed by atoms with Crippen molar-refractivity contribution in [2.45, 2.75) is 18.0 Å². The number of nitro benzene ring substituents is 1. The van der Waals surface area contributed by atoms with Crippen molar-refractivity contribution in [3.63, 3.8) is 0 Å². The summed E-state index contributed by atoms with van der Waals surface area (Å²) in [6.07, 6.45) is -4.56. The Morgan fingerprint density at radius 1 is 1.30 bits per heavy atom. The molecule has 144 valence electrons. The van der Waals surface area contributed by atoms with Crippen molar-refractivity contribution in [2.75, 3.05) is 5.49 Å². The highest BCUT2D eigenvalue weighted by Crippen LogP contribution is 2.41. The highest BCUT2D eigenvalue weighted by atomic mass is 35.5. The van der Waals surface area contributed by atoms with E-state index in [0.29, 0.717) is 11.6 Å². The fourth-order valence-corrected chi connectivity index (χ4v) is 3.71. The number of hydrogen-bond donors (Lipinski definition) is 1. The summed E-state index contributed by atoms with van der Waals surface area (Å²) in [6.45, 7) is 1.52. The number of rotatable bonds is 6. The van der Waals surface area contributed by atoms with E-state index >= 15 is 0 Å². The van der Waals surface area contributed by atoms with E-state index in [1.807, 2.05) is 0 Å².